The molecule has 0 saturated heterocycles. The van der Waals surface area contributed by atoms with Crippen molar-refractivity contribution < 1.29 is 9.63 Å². The third-order valence-electron chi connectivity index (χ3n) is 2.68. The Bertz CT molecular complexity index is 653. The van der Waals surface area contributed by atoms with Gasteiger partial charge in [-0.05, 0) is 17.7 Å². The van der Waals surface area contributed by atoms with Crippen LogP contribution in [-0.4, -0.2) is 20.2 Å². The second-order valence-electron chi connectivity index (χ2n) is 3.98. The van der Waals surface area contributed by atoms with E-state index in [0.29, 0.717) is 17.1 Å². The second kappa shape index (κ2) is 4.99. The lowest BCUT2D eigenvalue weighted by atomic mass is 10.1. The average Bonchev–Trinajstić information content (AvgIpc) is 2.98. The van der Waals surface area contributed by atoms with E-state index in [1.807, 2.05) is 30.3 Å². The van der Waals surface area contributed by atoms with E-state index < -0.39 is 6.10 Å². The molecule has 5 heteroatoms. The van der Waals surface area contributed by atoms with Gasteiger partial charge < -0.3 is 9.63 Å². The molecule has 0 radical (unpaired) electrons. The molecule has 94 valence electrons. The van der Waals surface area contributed by atoms with Gasteiger partial charge in [-0.1, -0.05) is 41.6 Å². The SMILES string of the molecule is OC(c1ccccc1)c1nc(-c2ccccn2)no1. The Morgan fingerprint density at radius 2 is 1.79 bits per heavy atom. The highest BCUT2D eigenvalue weighted by Crippen LogP contribution is 2.22. The molecule has 0 saturated carbocycles. The van der Waals surface area contributed by atoms with Gasteiger partial charge in [-0.3, -0.25) is 4.98 Å². The van der Waals surface area contributed by atoms with Crippen LogP contribution in [0.5, 0.6) is 0 Å². The van der Waals surface area contributed by atoms with Gasteiger partial charge in [0.1, 0.15) is 5.69 Å². The summed E-state index contributed by atoms with van der Waals surface area (Å²) in [7, 11) is 0. The third-order valence-corrected chi connectivity index (χ3v) is 2.68. The second-order valence-corrected chi connectivity index (χ2v) is 3.98. The van der Waals surface area contributed by atoms with Crippen LogP contribution in [0.4, 0.5) is 0 Å². The van der Waals surface area contributed by atoms with Crippen molar-refractivity contribution >= 4 is 0 Å². The molecule has 0 fully saturated rings. The number of benzene rings is 1. The zero-order chi connectivity index (χ0) is 13.1. The summed E-state index contributed by atoms with van der Waals surface area (Å²) in [4.78, 5) is 8.29. The normalized spacial score (nSPS) is 12.3. The number of hydrogen-bond acceptors (Lipinski definition) is 5. The number of aromatic nitrogens is 3. The van der Waals surface area contributed by atoms with Crippen LogP contribution in [0.15, 0.2) is 59.3 Å². The van der Waals surface area contributed by atoms with E-state index in [0.717, 1.165) is 0 Å². The predicted octanol–water partition coefficient (Wildman–Crippen LogP) is 2.21. The molecule has 1 atom stereocenters. The summed E-state index contributed by atoms with van der Waals surface area (Å²) in [6, 6.07) is 14.6. The maximum atomic E-state index is 10.1. The van der Waals surface area contributed by atoms with Crippen LogP contribution in [0.2, 0.25) is 0 Å². The number of pyridine rings is 1. The number of aliphatic hydroxyl groups is 1. The summed E-state index contributed by atoms with van der Waals surface area (Å²) in [6.45, 7) is 0. The molecule has 0 aliphatic heterocycles. The topological polar surface area (TPSA) is 72.0 Å². The highest BCUT2D eigenvalue weighted by atomic mass is 16.5. The first-order valence-corrected chi connectivity index (χ1v) is 5.82. The van der Waals surface area contributed by atoms with Gasteiger partial charge in [0.15, 0.2) is 6.10 Å². The molecule has 3 rings (SSSR count). The Labute approximate surface area is 109 Å². The fourth-order valence-electron chi connectivity index (χ4n) is 1.72. The van der Waals surface area contributed by atoms with Crippen LogP contribution in [0.3, 0.4) is 0 Å². The maximum Gasteiger partial charge on any atom is 0.260 e. The fraction of sp³-hybridized carbons (Fsp3) is 0.0714. The smallest absolute Gasteiger partial charge is 0.260 e. The third kappa shape index (κ3) is 2.36. The predicted molar refractivity (Wildman–Crippen MR) is 68.0 cm³/mol. The van der Waals surface area contributed by atoms with Crippen LogP contribution >= 0.6 is 0 Å². The molecule has 19 heavy (non-hydrogen) atoms. The lowest BCUT2D eigenvalue weighted by molar-refractivity contribution is 0.170. The molecular weight excluding hydrogens is 242 g/mol. The minimum Gasteiger partial charge on any atom is -0.378 e. The molecule has 3 aromatic rings. The van der Waals surface area contributed by atoms with Gasteiger partial charge in [-0.2, -0.15) is 4.98 Å². The summed E-state index contributed by atoms with van der Waals surface area (Å²) >= 11 is 0. The standard InChI is InChI=1S/C14H11N3O2/c18-12(10-6-2-1-3-7-10)14-16-13(17-19-14)11-8-4-5-9-15-11/h1-9,12,18H. The Morgan fingerprint density at radius 1 is 1.00 bits per heavy atom. The van der Waals surface area contributed by atoms with Crippen molar-refractivity contribution in [1.29, 1.82) is 0 Å². The zero-order valence-electron chi connectivity index (χ0n) is 9.97. The molecule has 1 unspecified atom stereocenters. The Balaban J connectivity index is 1.90. The Morgan fingerprint density at radius 3 is 2.53 bits per heavy atom. The molecular formula is C14H11N3O2. The van der Waals surface area contributed by atoms with Crippen molar-refractivity contribution in [2.45, 2.75) is 6.10 Å². The van der Waals surface area contributed by atoms with E-state index >= 15 is 0 Å². The van der Waals surface area contributed by atoms with Gasteiger partial charge in [-0.25, -0.2) is 0 Å². The molecule has 2 heterocycles. The quantitative estimate of drug-likeness (QED) is 0.774. The lowest BCUT2D eigenvalue weighted by Gasteiger charge is -2.04. The van der Waals surface area contributed by atoms with E-state index in [1.165, 1.54) is 0 Å². The first-order valence-electron chi connectivity index (χ1n) is 5.82. The zero-order valence-corrected chi connectivity index (χ0v) is 9.97. The van der Waals surface area contributed by atoms with Gasteiger partial charge in [0.05, 0.1) is 0 Å². The first-order chi connectivity index (χ1) is 9.34. The summed E-state index contributed by atoms with van der Waals surface area (Å²) < 4.78 is 5.08. The van der Waals surface area contributed by atoms with E-state index in [4.69, 9.17) is 4.52 Å². The van der Waals surface area contributed by atoms with E-state index in [-0.39, 0.29) is 5.89 Å². The molecule has 2 aromatic heterocycles. The summed E-state index contributed by atoms with van der Waals surface area (Å²) in [5, 5.41) is 14.0. The highest BCUT2D eigenvalue weighted by Gasteiger charge is 2.18. The van der Waals surface area contributed by atoms with Crippen LogP contribution in [0.1, 0.15) is 17.6 Å². The van der Waals surface area contributed by atoms with Gasteiger partial charge in [0.2, 0.25) is 5.82 Å². The number of rotatable bonds is 3. The van der Waals surface area contributed by atoms with Crippen molar-refractivity contribution in [1.82, 2.24) is 15.1 Å². The molecule has 0 amide bonds. The Hall–Kier alpha value is -2.53. The van der Waals surface area contributed by atoms with Gasteiger partial charge in [0.25, 0.3) is 5.89 Å². The minimum absolute atomic E-state index is 0.159. The highest BCUT2D eigenvalue weighted by molar-refractivity contribution is 5.47. The Kier molecular flexibility index (Phi) is 3.04. The van der Waals surface area contributed by atoms with Crippen molar-refractivity contribution in [3.8, 4) is 11.5 Å². The molecule has 0 bridgehead atoms. The van der Waals surface area contributed by atoms with E-state index in [1.54, 1.807) is 24.4 Å². The summed E-state index contributed by atoms with van der Waals surface area (Å²) in [6.07, 6.45) is 0.727. The largest absolute Gasteiger partial charge is 0.378 e. The molecule has 1 N–H and O–H groups in total. The number of aliphatic hydroxyl groups excluding tert-OH is 1. The van der Waals surface area contributed by atoms with Gasteiger partial charge >= 0.3 is 0 Å². The monoisotopic (exact) mass is 253 g/mol. The van der Waals surface area contributed by atoms with Crippen LogP contribution < -0.4 is 0 Å². The van der Waals surface area contributed by atoms with Crippen molar-refractivity contribution in [2.75, 3.05) is 0 Å². The number of hydrogen-bond donors (Lipinski definition) is 1. The van der Waals surface area contributed by atoms with Crippen LogP contribution in [0, 0.1) is 0 Å². The fourth-order valence-corrected chi connectivity index (χ4v) is 1.72. The molecule has 0 aliphatic rings. The van der Waals surface area contributed by atoms with Crippen molar-refractivity contribution in [3.05, 3.63) is 66.2 Å². The van der Waals surface area contributed by atoms with Crippen molar-refractivity contribution in [2.24, 2.45) is 0 Å². The van der Waals surface area contributed by atoms with Crippen molar-refractivity contribution in [3.63, 3.8) is 0 Å². The van der Waals surface area contributed by atoms with Gasteiger partial charge in [0, 0.05) is 6.20 Å². The van der Waals surface area contributed by atoms with Crippen LogP contribution in [0.25, 0.3) is 11.5 Å². The molecule has 1 aromatic carbocycles. The molecule has 5 nitrogen and oxygen atoms in total. The van der Waals surface area contributed by atoms with E-state index in [2.05, 4.69) is 15.1 Å². The maximum absolute atomic E-state index is 10.1. The summed E-state index contributed by atoms with van der Waals surface area (Å²) in [5.41, 5.74) is 1.32. The number of nitrogens with zero attached hydrogens (tertiary/aromatic N) is 3. The summed E-state index contributed by atoms with van der Waals surface area (Å²) in [5.74, 6) is 0.525. The lowest BCUT2D eigenvalue weighted by Crippen LogP contribution is -1.99. The molecule has 0 aliphatic carbocycles. The van der Waals surface area contributed by atoms with Gasteiger partial charge in [-0.15, -0.1) is 0 Å². The van der Waals surface area contributed by atoms with E-state index in [9.17, 15) is 5.11 Å². The first kappa shape index (κ1) is 11.6. The average molecular weight is 253 g/mol. The van der Waals surface area contributed by atoms with Crippen LogP contribution in [-0.2, 0) is 0 Å². The minimum atomic E-state index is -0.925. The molecule has 0 spiro atoms.